The van der Waals surface area contributed by atoms with Crippen LogP contribution in [-0.2, 0) is 15.1 Å². The molecule has 4 aliphatic rings. The van der Waals surface area contributed by atoms with Gasteiger partial charge in [-0.25, -0.2) is 0 Å². The molecule has 1 saturated carbocycles. The van der Waals surface area contributed by atoms with Crippen molar-refractivity contribution in [1.82, 2.24) is 0 Å². The molecule has 3 nitrogen and oxygen atoms in total. The fraction of sp³-hybridized carbons (Fsp3) is 0.667. The van der Waals surface area contributed by atoms with Gasteiger partial charge >= 0.3 is 0 Å². The molecule has 3 heterocycles. The lowest BCUT2D eigenvalue weighted by Gasteiger charge is -2.49. The molecule has 4 atom stereocenters. The highest BCUT2D eigenvalue weighted by molar-refractivity contribution is 5.62. The molecule has 3 fully saturated rings. The molecule has 2 bridgehead atoms. The topological polar surface area (TPSA) is 21.7 Å². The Kier molecular flexibility index (Phi) is 2.16. The molecule has 1 aromatic carbocycles. The van der Waals surface area contributed by atoms with Crippen LogP contribution in [0.1, 0.15) is 44.6 Å². The predicted octanol–water partition coefficient (Wildman–Crippen LogP) is 3.43. The van der Waals surface area contributed by atoms with E-state index in [2.05, 4.69) is 43.1 Å². The van der Waals surface area contributed by atoms with Gasteiger partial charge in [0.2, 0.25) is 0 Å². The maximum absolute atomic E-state index is 6.84. The lowest BCUT2D eigenvalue weighted by Crippen LogP contribution is -2.54. The standard InChI is InChI=1S/C18H23NO2/c1-16-9-5-6-10-18(16)20-15(11-16)17(21-18)12-19(2)14-8-4-3-7-13(14)17/h3-4,7-8,15H,5-6,9-12H2,1-2H3/t15-,16+,17-,18+/m1/s1. The van der Waals surface area contributed by atoms with Gasteiger partial charge in [0.1, 0.15) is 5.60 Å². The van der Waals surface area contributed by atoms with Crippen LogP contribution in [-0.4, -0.2) is 25.5 Å². The Balaban J connectivity index is 1.63. The van der Waals surface area contributed by atoms with Gasteiger partial charge in [-0.3, -0.25) is 0 Å². The van der Waals surface area contributed by atoms with Crippen LogP contribution in [0, 0.1) is 5.41 Å². The van der Waals surface area contributed by atoms with E-state index in [4.69, 9.17) is 9.47 Å². The second-order valence-electron chi connectivity index (χ2n) is 7.70. The van der Waals surface area contributed by atoms with Gasteiger partial charge in [0.15, 0.2) is 5.79 Å². The summed E-state index contributed by atoms with van der Waals surface area (Å²) in [6, 6.07) is 8.69. The number of rotatable bonds is 0. The van der Waals surface area contributed by atoms with Gasteiger partial charge in [0.25, 0.3) is 0 Å². The van der Waals surface area contributed by atoms with Crippen LogP contribution in [0.4, 0.5) is 5.69 Å². The summed E-state index contributed by atoms with van der Waals surface area (Å²) < 4.78 is 13.4. The summed E-state index contributed by atoms with van der Waals surface area (Å²) in [6.07, 6.45) is 6.23. The van der Waals surface area contributed by atoms with Crippen LogP contribution in [0.3, 0.4) is 0 Å². The number of anilines is 1. The summed E-state index contributed by atoms with van der Waals surface area (Å²) in [5.74, 6) is -0.325. The number of nitrogens with zero attached hydrogens (tertiary/aromatic N) is 1. The lowest BCUT2D eigenvalue weighted by molar-refractivity contribution is -0.257. The van der Waals surface area contributed by atoms with E-state index >= 15 is 0 Å². The highest BCUT2D eigenvalue weighted by atomic mass is 16.8. The van der Waals surface area contributed by atoms with Gasteiger partial charge in [-0.1, -0.05) is 31.5 Å². The molecule has 2 spiro atoms. The second-order valence-corrected chi connectivity index (χ2v) is 7.70. The minimum atomic E-state index is -0.325. The summed E-state index contributed by atoms with van der Waals surface area (Å²) in [5, 5.41) is 0. The smallest absolute Gasteiger partial charge is 0.175 e. The molecule has 1 aromatic rings. The molecule has 112 valence electrons. The maximum atomic E-state index is 6.84. The van der Waals surface area contributed by atoms with E-state index in [1.165, 1.54) is 30.5 Å². The van der Waals surface area contributed by atoms with E-state index in [1.54, 1.807) is 0 Å². The van der Waals surface area contributed by atoms with Crippen molar-refractivity contribution in [2.75, 3.05) is 18.5 Å². The minimum absolute atomic E-state index is 0.215. The molecule has 0 N–H and O–H groups in total. The maximum Gasteiger partial charge on any atom is 0.175 e. The highest BCUT2D eigenvalue weighted by Crippen LogP contribution is 2.67. The monoisotopic (exact) mass is 285 g/mol. The van der Waals surface area contributed by atoms with Crippen molar-refractivity contribution in [1.29, 1.82) is 0 Å². The zero-order chi connectivity index (χ0) is 14.3. The number of likely N-dealkylation sites (N-methyl/N-ethyl adjacent to an activating group) is 1. The normalized spacial score (nSPS) is 47.0. The van der Waals surface area contributed by atoms with Gasteiger partial charge in [-0.05, 0) is 25.3 Å². The van der Waals surface area contributed by atoms with Crippen molar-refractivity contribution in [3.05, 3.63) is 29.8 Å². The Morgan fingerprint density at radius 3 is 2.90 bits per heavy atom. The number of hydrogen-bond acceptors (Lipinski definition) is 3. The molecule has 3 aliphatic heterocycles. The zero-order valence-electron chi connectivity index (χ0n) is 12.9. The summed E-state index contributed by atoms with van der Waals surface area (Å²) in [4.78, 5) is 2.33. The molecule has 0 amide bonds. The Bertz CT molecular complexity index is 615. The first-order chi connectivity index (χ1) is 10.1. The first kappa shape index (κ1) is 12.5. The molecule has 5 rings (SSSR count). The average molecular weight is 285 g/mol. The summed E-state index contributed by atoms with van der Waals surface area (Å²) >= 11 is 0. The molecular formula is C18H23NO2. The minimum Gasteiger partial charge on any atom is -0.371 e. The Morgan fingerprint density at radius 1 is 1.19 bits per heavy atom. The SMILES string of the molecule is CN1C[C@@]2(O[C@@]34CCCC[C@@]3(C)C[C@H]2O4)c2ccccc21. The fourth-order valence-electron chi connectivity index (χ4n) is 5.37. The van der Waals surface area contributed by atoms with Crippen LogP contribution in [0.15, 0.2) is 24.3 Å². The van der Waals surface area contributed by atoms with Crippen molar-refractivity contribution in [2.45, 2.75) is 56.5 Å². The van der Waals surface area contributed by atoms with Crippen molar-refractivity contribution >= 4 is 5.69 Å². The molecule has 0 radical (unpaired) electrons. The van der Waals surface area contributed by atoms with E-state index in [0.717, 1.165) is 19.4 Å². The predicted molar refractivity (Wildman–Crippen MR) is 81.3 cm³/mol. The second kappa shape index (κ2) is 3.64. The van der Waals surface area contributed by atoms with Crippen molar-refractivity contribution in [2.24, 2.45) is 5.41 Å². The Morgan fingerprint density at radius 2 is 2.00 bits per heavy atom. The lowest BCUT2D eigenvalue weighted by atomic mass is 9.66. The van der Waals surface area contributed by atoms with E-state index < -0.39 is 0 Å². The third kappa shape index (κ3) is 1.29. The van der Waals surface area contributed by atoms with Crippen LogP contribution in [0.25, 0.3) is 0 Å². The zero-order valence-corrected chi connectivity index (χ0v) is 12.9. The molecule has 3 heteroatoms. The molecule has 2 saturated heterocycles. The highest BCUT2D eigenvalue weighted by Gasteiger charge is 2.73. The van der Waals surface area contributed by atoms with Gasteiger partial charge in [-0.2, -0.15) is 0 Å². The Labute approximate surface area is 126 Å². The van der Waals surface area contributed by atoms with Gasteiger partial charge in [-0.15, -0.1) is 0 Å². The molecule has 21 heavy (non-hydrogen) atoms. The van der Waals surface area contributed by atoms with E-state index in [-0.39, 0.29) is 22.9 Å². The first-order valence-corrected chi connectivity index (χ1v) is 8.27. The molecule has 0 unspecified atom stereocenters. The number of benzene rings is 1. The molecular weight excluding hydrogens is 262 g/mol. The Hall–Kier alpha value is -1.06. The van der Waals surface area contributed by atoms with Crippen LogP contribution < -0.4 is 4.90 Å². The summed E-state index contributed by atoms with van der Waals surface area (Å²) in [7, 11) is 2.17. The van der Waals surface area contributed by atoms with E-state index in [0.29, 0.717) is 0 Å². The largest absolute Gasteiger partial charge is 0.371 e. The summed E-state index contributed by atoms with van der Waals surface area (Å²) in [6.45, 7) is 3.30. The third-order valence-corrected chi connectivity index (χ3v) is 6.48. The number of para-hydroxylation sites is 1. The number of ether oxygens (including phenoxy) is 2. The van der Waals surface area contributed by atoms with Crippen LogP contribution in [0.5, 0.6) is 0 Å². The fourth-order valence-corrected chi connectivity index (χ4v) is 5.37. The number of hydrogen-bond donors (Lipinski definition) is 0. The average Bonchev–Trinajstić information content (AvgIpc) is 3.05. The van der Waals surface area contributed by atoms with Crippen LogP contribution in [0.2, 0.25) is 0 Å². The first-order valence-electron chi connectivity index (χ1n) is 8.27. The van der Waals surface area contributed by atoms with E-state index in [1.807, 2.05) is 0 Å². The summed E-state index contributed by atoms with van der Waals surface area (Å²) in [5.41, 5.74) is 2.63. The number of fused-ring (bicyclic) bond motifs is 4. The quantitative estimate of drug-likeness (QED) is 0.729. The van der Waals surface area contributed by atoms with Crippen molar-refractivity contribution in [3.63, 3.8) is 0 Å². The molecule has 1 aliphatic carbocycles. The van der Waals surface area contributed by atoms with Crippen LogP contribution >= 0.6 is 0 Å². The van der Waals surface area contributed by atoms with Gasteiger partial charge < -0.3 is 14.4 Å². The van der Waals surface area contributed by atoms with E-state index in [9.17, 15) is 0 Å². The third-order valence-electron chi connectivity index (χ3n) is 6.48. The van der Waals surface area contributed by atoms with Crippen molar-refractivity contribution < 1.29 is 9.47 Å². The van der Waals surface area contributed by atoms with Crippen molar-refractivity contribution in [3.8, 4) is 0 Å². The van der Waals surface area contributed by atoms with Gasteiger partial charge in [0, 0.05) is 30.1 Å². The van der Waals surface area contributed by atoms with Gasteiger partial charge in [0.05, 0.1) is 12.6 Å². The molecule has 0 aromatic heterocycles.